The van der Waals surface area contributed by atoms with E-state index >= 15 is 0 Å². The molecular formula is C25H19BN2O. The van der Waals surface area contributed by atoms with Crippen LogP contribution in [0.4, 0.5) is 0 Å². The van der Waals surface area contributed by atoms with Crippen LogP contribution >= 0.6 is 0 Å². The molecule has 0 aliphatic heterocycles. The molecule has 1 aliphatic carbocycles. The first-order valence-corrected chi connectivity index (χ1v) is 10.2. The highest BCUT2D eigenvalue weighted by Crippen LogP contribution is 2.42. The van der Waals surface area contributed by atoms with Crippen LogP contribution < -0.4 is 0 Å². The zero-order valence-corrected chi connectivity index (χ0v) is 16.1. The molecule has 29 heavy (non-hydrogen) atoms. The van der Waals surface area contributed by atoms with Gasteiger partial charge in [0.2, 0.25) is 5.71 Å². The van der Waals surface area contributed by atoms with E-state index in [0.29, 0.717) is 5.71 Å². The number of rotatable bonds is 2. The first-order chi connectivity index (χ1) is 14.2. The molecular weight excluding hydrogens is 355 g/mol. The minimum absolute atomic E-state index is 0.247. The van der Waals surface area contributed by atoms with Gasteiger partial charge in [0.05, 0.1) is 13.5 Å². The fraction of sp³-hybridized carbons (Fsp3) is 0.200. The Morgan fingerprint density at radius 2 is 1.69 bits per heavy atom. The Hall–Kier alpha value is -3.14. The van der Waals surface area contributed by atoms with Crippen LogP contribution in [0.5, 0.6) is 0 Å². The summed E-state index contributed by atoms with van der Waals surface area (Å²) in [5, 5.41) is 4.21. The predicted molar refractivity (Wildman–Crippen MR) is 118 cm³/mol. The van der Waals surface area contributed by atoms with Crippen LogP contribution in [0.3, 0.4) is 0 Å². The van der Waals surface area contributed by atoms with Crippen molar-refractivity contribution in [3.05, 3.63) is 72.6 Å². The van der Waals surface area contributed by atoms with Crippen LogP contribution in [-0.4, -0.2) is 17.8 Å². The van der Waals surface area contributed by atoms with E-state index in [1.807, 2.05) is 12.3 Å². The standard InChI is InChI=1S/C25H19BN2O/c26-25(10-3-4-11-25)17-9-13-27-21(15-17)20-14-16-6-1-2-7-18(16)22-19-8-5-12-28-24(19)29-23(20)22/h1-2,5-9,12-15H,3-4,10-11H2. The minimum atomic E-state index is -0.247. The average Bonchev–Trinajstić information content (AvgIpc) is 3.38. The lowest BCUT2D eigenvalue weighted by Crippen LogP contribution is -2.21. The summed E-state index contributed by atoms with van der Waals surface area (Å²) in [5.41, 5.74) is 4.53. The lowest BCUT2D eigenvalue weighted by Gasteiger charge is -2.25. The molecule has 6 rings (SSSR count). The van der Waals surface area contributed by atoms with Crippen LogP contribution in [0.15, 0.2) is 71.4 Å². The maximum atomic E-state index is 6.73. The minimum Gasteiger partial charge on any atom is -0.437 e. The molecule has 0 amide bonds. The Morgan fingerprint density at radius 1 is 0.862 bits per heavy atom. The molecule has 0 atom stereocenters. The van der Waals surface area contributed by atoms with Crippen molar-refractivity contribution in [3.63, 3.8) is 0 Å². The van der Waals surface area contributed by atoms with Gasteiger partial charge in [0.25, 0.3) is 0 Å². The number of fused-ring (bicyclic) bond motifs is 5. The molecule has 1 fully saturated rings. The van der Waals surface area contributed by atoms with Gasteiger partial charge in [-0.15, -0.1) is 0 Å². The lowest BCUT2D eigenvalue weighted by molar-refractivity contribution is 0.634. The monoisotopic (exact) mass is 374 g/mol. The van der Waals surface area contributed by atoms with Crippen LogP contribution in [0.25, 0.3) is 44.1 Å². The fourth-order valence-electron chi connectivity index (χ4n) is 4.83. The lowest BCUT2D eigenvalue weighted by atomic mass is 9.63. The molecule has 0 saturated heterocycles. The van der Waals surface area contributed by atoms with Gasteiger partial charge in [0.15, 0.2) is 0 Å². The topological polar surface area (TPSA) is 38.9 Å². The van der Waals surface area contributed by atoms with E-state index < -0.39 is 0 Å². The average molecular weight is 374 g/mol. The summed E-state index contributed by atoms with van der Waals surface area (Å²) >= 11 is 0. The van der Waals surface area contributed by atoms with Crippen molar-refractivity contribution in [2.75, 3.05) is 0 Å². The molecule has 1 saturated carbocycles. The normalized spacial score (nSPS) is 16.1. The largest absolute Gasteiger partial charge is 0.437 e. The van der Waals surface area contributed by atoms with Gasteiger partial charge in [-0.25, -0.2) is 4.98 Å². The quantitative estimate of drug-likeness (QED) is 0.349. The zero-order valence-electron chi connectivity index (χ0n) is 16.1. The molecule has 1 aliphatic rings. The highest BCUT2D eigenvalue weighted by Gasteiger charge is 2.30. The first-order valence-electron chi connectivity index (χ1n) is 10.2. The Bertz CT molecular complexity index is 1380. The SMILES string of the molecule is [B]C1(c2ccnc(-c3cc4ccccc4c4c3oc3ncccc34)c2)CCCC1. The summed E-state index contributed by atoms with van der Waals surface area (Å²) in [6.07, 6.45) is 8.06. The Morgan fingerprint density at radius 3 is 2.59 bits per heavy atom. The summed E-state index contributed by atoms with van der Waals surface area (Å²) in [7, 11) is 6.73. The number of nitrogens with zero attached hydrogens (tertiary/aromatic N) is 2. The van der Waals surface area contributed by atoms with Crippen LogP contribution in [0.1, 0.15) is 31.2 Å². The van der Waals surface area contributed by atoms with Crippen molar-refractivity contribution in [2.45, 2.75) is 31.0 Å². The smallest absolute Gasteiger partial charge is 0.227 e. The van der Waals surface area contributed by atoms with Crippen molar-refractivity contribution in [1.82, 2.24) is 9.97 Å². The van der Waals surface area contributed by atoms with E-state index in [2.05, 4.69) is 53.5 Å². The molecule has 5 aromatic rings. The molecule has 3 aromatic heterocycles. The van der Waals surface area contributed by atoms with E-state index in [0.717, 1.165) is 51.4 Å². The van der Waals surface area contributed by atoms with Crippen molar-refractivity contribution >= 4 is 40.7 Å². The van der Waals surface area contributed by atoms with Gasteiger partial charge in [-0.2, -0.15) is 0 Å². The molecule has 0 spiro atoms. The van der Waals surface area contributed by atoms with Gasteiger partial charge >= 0.3 is 0 Å². The number of hydrogen-bond donors (Lipinski definition) is 0. The van der Waals surface area contributed by atoms with Gasteiger partial charge in [-0.1, -0.05) is 49.9 Å². The van der Waals surface area contributed by atoms with Crippen LogP contribution in [0, 0.1) is 0 Å². The highest BCUT2D eigenvalue weighted by atomic mass is 16.3. The second-order valence-corrected chi connectivity index (χ2v) is 8.10. The summed E-state index contributed by atoms with van der Waals surface area (Å²) in [5.74, 6) is 0. The van der Waals surface area contributed by atoms with Crippen LogP contribution in [-0.2, 0) is 5.31 Å². The van der Waals surface area contributed by atoms with Crippen molar-refractivity contribution in [2.24, 2.45) is 0 Å². The third kappa shape index (κ3) is 2.52. The van der Waals surface area contributed by atoms with Gasteiger partial charge in [-0.3, -0.25) is 4.98 Å². The number of aromatic nitrogens is 2. The second-order valence-electron chi connectivity index (χ2n) is 8.10. The molecule has 138 valence electrons. The summed E-state index contributed by atoms with van der Waals surface area (Å²) in [6.45, 7) is 0. The van der Waals surface area contributed by atoms with E-state index in [1.54, 1.807) is 6.20 Å². The number of benzene rings is 2. The van der Waals surface area contributed by atoms with Crippen molar-refractivity contribution in [1.29, 1.82) is 0 Å². The molecule has 2 radical (unpaired) electrons. The molecule has 0 bridgehead atoms. The third-order valence-electron chi connectivity index (χ3n) is 6.35. The van der Waals surface area contributed by atoms with Gasteiger partial charge < -0.3 is 4.42 Å². The first kappa shape index (κ1) is 16.8. The second kappa shape index (κ2) is 6.18. The number of furan rings is 1. The van der Waals surface area contributed by atoms with Crippen molar-refractivity contribution in [3.8, 4) is 11.3 Å². The summed E-state index contributed by atoms with van der Waals surface area (Å²) in [4.78, 5) is 9.15. The number of hydrogen-bond acceptors (Lipinski definition) is 3. The van der Waals surface area contributed by atoms with Gasteiger partial charge in [0, 0.05) is 28.7 Å². The van der Waals surface area contributed by atoms with E-state index in [9.17, 15) is 0 Å². The fourth-order valence-corrected chi connectivity index (χ4v) is 4.83. The Balaban J connectivity index is 1.68. The van der Waals surface area contributed by atoms with E-state index in [-0.39, 0.29) is 5.31 Å². The zero-order chi connectivity index (χ0) is 19.4. The van der Waals surface area contributed by atoms with E-state index in [1.165, 1.54) is 18.2 Å². The highest BCUT2D eigenvalue weighted by molar-refractivity contribution is 6.22. The summed E-state index contributed by atoms with van der Waals surface area (Å²) < 4.78 is 6.25. The molecule has 3 heterocycles. The van der Waals surface area contributed by atoms with E-state index in [4.69, 9.17) is 17.2 Å². The maximum Gasteiger partial charge on any atom is 0.227 e. The predicted octanol–water partition coefficient (Wildman–Crippen LogP) is 6.13. The molecule has 3 nitrogen and oxygen atoms in total. The molecule has 2 aromatic carbocycles. The molecule has 0 N–H and O–H groups in total. The molecule has 0 unspecified atom stereocenters. The summed E-state index contributed by atoms with van der Waals surface area (Å²) in [6, 6.07) is 18.8. The number of pyridine rings is 2. The van der Waals surface area contributed by atoms with Crippen molar-refractivity contribution < 1.29 is 4.42 Å². The van der Waals surface area contributed by atoms with Gasteiger partial charge in [-0.05, 0) is 52.0 Å². The molecule has 4 heteroatoms. The maximum absolute atomic E-state index is 6.73. The Labute approximate surface area is 170 Å². The third-order valence-corrected chi connectivity index (χ3v) is 6.35. The Kier molecular flexibility index (Phi) is 3.58. The van der Waals surface area contributed by atoms with Gasteiger partial charge in [0.1, 0.15) is 5.58 Å². The van der Waals surface area contributed by atoms with Crippen LogP contribution in [0.2, 0.25) is 0 Å².